The van der Waals surface area contributed by atoms with Crippen LogP contribution in [0.4, 0.5) is 11.4 Å². The molecule has 0 saturated carbocycles. The fraction of sp³-hybridized carbons (Fsp3) is 0.190. The number of thioether (sulfide) groups is 1. The van der Waals surface area contributed by atoms with E-state index in [9.17, 15) is 19.7 Å². The summed E-state index contributed by atoms with van der Waals surface area (Å²) in [4.78, 5) is 41.2. The van der Waals surface area contributed by atoms with E-state index in [4.69, 9.17) is 14.6 Å². The third-order valence-corrected chi connectivity index (χ3v) is 5.54. The number of nitro groups is 1. The Morgan fingerprint density at radius 2 is 1.94 bits per heavy atom. The molecule has 10 nitrogen and oxygen atoms in total. The highest BCUT2D eigenvalue weighted by Crippen LogP contribution is 2.39. The summed E-state index contributed by atoms with van der Waals surface area (Å²) >= 11 is 1.04. The monoisotopic (exact) mass is 457 g/mol. The minimum absolute atomic E-state index is 0.0703. The Morgan fingerprint density at radius 3 is 2.53 bits per heavy atom. The molecule has 2 aromatic carbocycles. The molecular weight excluding hydrogens is 438 g/mol. The largest absolute Gasteiger partial charge is 0.493 e. The third-order valence-electron chi connectivity index (χ3n) is 4.54. The van der Waals surface area contributed by atoms with E-state index in [2.05, 4.69) is 4.99 Å². The van der Waals surface area contributed by atoms with E-state index in [0.29, 0.717) is 17.4 Å². The first-order chi connectivity index (χ1) is 15.3. The summed E-state index contributed by atoms with van der Waals surface area (Å²) in [6, 6.07) is 8.69. The zero-order valence-electron chi connectivity index (χ0n) is 17.4. The molecule has 0 aromatic heterocycles. The highest BCUT2D eigenvalue weighted by atomic mass is 32.2. The topological polar surface area (TPSA) is 132 Å². The van der Waals surface area contributed by atoms with Crippen LogP contribution in [0.1, 0.15) is 22.8 Å². The van der Waals surface area contributed by atoms with Crippen molar-refractivity contribution < 1.29 is 29.1 Å². The highest BCUT2D eigenvalue weighted by molar-refractivity contribution is 8.18. The Hall–Kier alpha value is -3.86. The van der Waals surface area contributed by atoms with Crippen molar-refractivity contribution in [3.63, 3.8) is 0 Å². The summed E-state index contributed by atoms with van der Waals surface area (Å²) < 4.78 is 10.4. The van der Waals surface area contributed by atoms with Gasteiger partial charge in [-0.25, -0.2) is 9.79 Å². The Bertz CT molecular complexity index is 1160. The second kappa shape index (κ2) is 9.52. The number of hydrogen-bond donors (Lipinski definition) is 1. The Kier molecular flexibility index (Phi) is 6.79. The molecule has 1 N–H and O–H groups in total. The number of amidine groups is 1. The van der Waals surface area contributed by atoms with Crippen LogP contribution in [0.3, 0.4) is 0 Å². The van der Waals surface area contributed by atoms with Gasteiger partial charge in [-0.3, -0.25) is 19.8 Å². The molecule has 1 fully saturated rings. The number of nitrogens with zero attached hydrogens (tertiary/aromatic N) is 3. The lowest BCUT2D eigenvalue weighted by molar-refractivity contribution is -0.385. The zero-order valence-corrected chi connectivity index (χ0v) is 18.2. The number of likely N-dealkylation sites (N-methyl/N-ethyl adjacent to an activating group) is 1. The summed E-state index contributed by atoms with van der Waals surface area (Å²) in [5.74, 6) is -0.972. The van der Waals surface area contributed by atoms with Gasteiger partial charge < -0.3 is 14.6 Å². The minimum atomic E-state index is -1.09. The smallest absolute Gasteiger partial charge is 0.335 e. The average molecular weight is 457 g/mol. The van der Waals surface area contributed by atoms with Crippen LogP contribution in [-0.2, 0) is 4.79 Å². The van der Waals surface area contributed by atoms with Gasteiger partial charge in [0.05, 0.1) is 46.9 Å². The first kappa shape index (κ1) is 22.8. The summed E-state index contributed by atoms with van der Waals surface area (Å²) in [5, 5.41) is 21.1. The number of nitro benzene ring substituents is 1. The van der Waals surface area contributed by atoms with Crippen LogP contribution in [0.25, 0.3) is 6.08 Å². The lowest BCUT2D eigenvalue weighted by atomic mass is 10.1. The van der Waals surface area contributed by atoms with Gasteiger partial charge in [0.1, 0.15) is 0 Å². The molecule has 3 rings (SSSR count). The van der Waals surface area contributed by atoms with Crippen molar-refractivity contribution >= 4 is 46.3 Å². The third kappa shape index (κ3) is 4.57. The van der Waals surface area contributed by atoms with Gasteiger partial charge in [0.15, 0.2) is 16.7 Å². The molecule has 0 radical (unpaired) electrons. The molecule has 0 spiro atoms. The van der Waals surface area contributed by atoms with Crippen LogP contribution < -0.4 is 9.47 Å². The predicted molar refractivity (Wildman–Crippen MR) is 120 cm³/mol. The number of carbonyl (C=O) groups excluding carboxylic acids is 1. The van der Waals surface area contributed by atoms with Crippen molar-refractivity contribution in [2.24, 2.45) is 4.99 Å². The number of carboxylic acids is 1. The number of aliphatic imine (C=N–C) groups is 1. The maximum Gasteiger partial charge on any atom is 0.335 e. The van der Waals surface area contributed by atoms with E-state index in [1.165, 1.54) is 49.5 Å². The summed E-state index contributed by atoms with van der Waals surface area (Å²) in [7, 11) is 2.78. The molecule has 166 valence electrons. The maximum atomic E-state index is 12.9. The van der Waals surface area contributed by atoms with Gasteiger partial charge in [-0.05, 0) is 49.0 Å². The van der Waals surface area contributed by atoms with Crippen LogP contribution in [-0.4, -0.2) is 52.7 Å². The van der Waals surface area contributed by atoms with E-state index in [1.54, 1.807) is 19.1 Å². The van der Waals surface area contributed by atoms with Gasteiger partial charge in [0.2, 0.25) is 0 Å². The molecule has 1 amide bonds. The number of amides is 1. The Morgan fingerprint density at radius 1 is 1.25 bits per heavy atom. The van der Waals surface area contributed by atoms with Crippen LogP contribution in [0.5, 0.6) is 11.5 Å². The van der Waals surface area contributed by atoms with Gasteiger partial charge in [0, 0.05) is 6.54 Å². The molecule has 1 heterocycles. The van der Waals surface area contributed by atoms with E-state index >= 15 is 0 Å². The van der Waals surface area contributed by atoms with Crippen molar-refractivity contribution in [3.8, 4) is 11.5 Å². The molecule has 0 atom stereocenters. The van der Waals surface area contributed by atoms with Crippen molar-refractivity contribution in [1.29, 1.82) is 0 Å². The number of aromatic carboxylic acids is 1. The van der Waals surface area contributed by atoms with Crippen LogP contribution in [0.15, 0.2) is 46.3 Å². The van der Waals surface area contributed by atoms with Crippen LogP contribution in [0.2, 0.25) is 0 Å². The summed E-state index contributed by atoms with van der Waals surface area (Å²) in [5.41, 5.74) is 0.373. The minimum Gasteiger partial charge on any atom is -0.493 e. The second-order valence-corrected chi connectivity index (χ2v) is 7.44. The molecule has 0 aliphatic carbocycles. The van der Waals surface area contributed by atoms with E-state index < -0.39 is 10.9 Å². The van der Waals surface area contributed by atoms with Crippen molar-refractivity contribution in [2.45, 2.75) is 6.92 Å². The molecular formula is C21H19N3O7S. The van der Waals surface area contributed by atoms with Crippen molar-refractivity contribution in [2.75, 3.05) is 20.8 Å². The Balaban J connectivity index is 2.05. The van der Waals surface area contributed by atoms with Crippen molar-refractivity contribution in [3.05, 3.63) is 62.5 Å². The summed E-state index contributed by atoms with van der Waals surface area (Å²) in [6.45, 7) is 2.08. The highest BCUT2D eigenvalue weighted by Gasteiger charge is 2.33. The zero-order chi connectivity index (χ0) is 23.4. The lowest BCUT2D eigenvalue weighted by Crippen LogP contribution is -2.28. The van der Waals surface area contributed by atoms with E-state index in [0.717, 1.165) is 11.8 Å². The van der Waals surface area contributed by atoms with E-state index in [1.807, 2.05) is 0 Å². The number of hydrogen-bond acceptors (Lipinski definition) is 8. The summed E-state index contributed by atoms with van der Waals surface area (Å²) in [6.07, 6.45) is 1.41. The van der Waals surface area contributed by atoms with Crippen LogP contribution in [0, 0.1) is 10.1 Å². The molecule has 11 heteroatoms. The first-order valence-corrected chi connectivity index (χ1v) is 10.1. The first-order valence-electron chi connectivity index (χ1n) is 9.32. The van der Waals surface area contributed by atoms with Crippen LogP contribution >= 0.6 is 11.8 Å². The molecule has 2 aromatic rings. The number of rotatable bonds is 7. The quantitative estimate of drug-likeness (QED) is 0.376. The standard InChI is InChI=1S/C21H19N3O7S/c1-4-23-19(25)18(32-21(23)22-14-7-5-6-12(8-14)20(26)27)10-13-9-16(30-2)17(31-3)11-15(13)24(28)29/h5-11H,4H2,1-3H3,(H,26,27). The van der Waals surface area contributed by atoms with Crippen molar-refractivity contribution in [1.82, 2.24) is 4.90 Å². The molecule has 1 aliphatic rings. The normalized spacial score (nSPS) is 16.0. The molecule has 1 saturated heterocycles. The maximum absolute atomic E-state index is 12.9. The number of carbonyl (C=O) groups is 2. The predicted octanol–water partition coefficient (Wildman–Crippen LogP) is 3.93. The lowest BCUT2D eigenvalue weighted by Gasteiger charge is -2.12. The number of methoxy groups -OCH3 is 2. The van der Waals surface area contributed by atoms with E-state index in [-0.39, 0.29) is 39.1 Å². The fourth-order valence-corrected chi connectivity index (χ4v) is 4.04. The van der Waals surface area contributed by atoms with Gasteiger partial charge in [-0.15, -0.1) is 0 Å². The van der Waals surface area contributed by atoms with Gasteiger partial charge in [-0.2, -0.15) is 0 Å². The second-order valence-electron chi connectivity index (χ2n) is 6.43. The molecule has 0 unspecified atom stereocenters. The SMILES string of the molecule is CCN1C(=O)C(=Cc2cc(OC)c(OC)cc2[N+](=O)[O-])SC1=Nc1cccc(C(=O)O)c1. The van der Waals surface area contributed by atoms with Gasteiger partial charge >= 0.3 is 5.97 Å². The van der Waals surface area contributed by atoms with Gasteiger partial charge in [0.25, 0.3) is 11.6 Å². The van der Waals surface area contributed by atoms with Gasteiger partial charge in [-0.1, -0.05) is 6.07 Å². The molecule has 0 bridgehead atoms. The molecule has 1 aliphatic heterocycles. The number of carboxylic acid groups (broad SMARTS) is 1. The number of ether oxygens (including phenoxy) is 2. The fourth-order valence-electron chi connectivity index (χ4n) is 2.99. The Labute approximate surface area is 187 Å². The molecule has 32 heavy (non-hydrogen) atoms. The number of benzene rings is 2. The average Bonchev–Trinajstić information content (AvgIpc) is 3.06.